The third kappa shape index (κ3) is 3.42. The Hall–Kier alpha value is -2.81. The molecule has 3 aromatic rings. The van der Waals surface area contributed by atoms with Crippen molar-refractivity contribution in [2.45, 2.75) is 39.3 Å². The molecule has 0 aliphatic rings. The van der Waals surface area contributed by atoms with Gasteiger partial charge in [-0.1, -0.05) is 38.1 Å². The standard InChI is InChI=1S/C18H21F2N5O2/c1-9(2)14(10-4-6-11(7-5-10)18(3,19)20)25-15-13(12(8-26)24-25)16(27)23-17(21)22-15/h4-7,9,14,26H,8H2,1-3H3,(H3,21,22,23,27). The predicted molar refractivity (Wildman–Crippen MR) is 97.5 cm³/mol. The van der Waals surface area contributed by atoms with E-state index in [0.717, 1.165) is 12.5 Å². The minimum atomic E-state index is -2.93. The highest BCUT2D eigenvalue weighted by Gasteiger charge is 2.27. The van der Waals surface area contributed by atoms with E-state index in [1.165, 1.54) is 16.8 Å². The molecule has 2 aromatic heterocycles. The van der Waals surface area contributed by atoms with Gasteiger partial charge in [0, 0.05) is 12.5 Å². The first kappa shape index (κ1) is 19.0. The Balaban J connectivity index is 2.21. The molecule has 0 aliphatic heterocycles. The summed E-state index contributed by atoms with van der Waals surface area (Å²) in [4.78, 5) is 18.8. The van der Waals surface area contributed by atoms with E-state index in [-0.39, 0.29) is 40.2 Å². The van der Waals surface area contributed by atoms with E-state index < -0.39 is 18.1 Å². The average molecular weight is 377 g/mol. The summed E-state index contributed by atoms with van der Waals surface area (Å²) in [6, 6.07) is 5.58. The summed E-state index contributed by atoms with van der Waals surface area (Å²) in [5.41, 5.74) is 6.25. The van der Waals surface area contributed by atoms with Crippen molar-refractivity contribution < 1.29 is 13.9 Å². The quantitative estimate of drug-likeness (QED) is 0.633. The zero-order valence-corrected chi connectivity index (χ0v) is 15.2. The number of hydrogen-bond acceptors (Lipinski definition) is 5. The van der Waals surface area contributed by atoms with Crippen molar-refractivity contribution in [3.63, 3.8) is 0 Å². The molecule has 144 valence electrons. The van der Waals surface area contributed by atoms with E-state index in [4.69, 9.17) is 5.73 Å². The maximum absolute atomic E-state index is 13.5. The van der Waals surface area contributed by atoms with Gasteiger partial charge in [-0.25, -0.2) is 13.5 Å². The molecular formula is C18H21F2N5O2. The number of aromatic amines is 1. The molecule has 0 saturated carbocycles. The predicted octanol–water partition coefficient (Wildman–Crippen LogP) is 2.55. The number of aromatic nitrogens is 4. The molecule has 0 spiro atoms. The molecule has 1 aromatic carbocycles. The lowest BCUT2D eigenvalue weighted by atomic mass is 9.94. The largest absolute Gasteiger partial charge is 0.390 e. The average Bonchev–Trinajstić information content (AvgIpc) is 2.93. The van der Waals surface area contributed by atoms with Gasteiger partial charge in [-0.2, -0.15) is 10.1 Å². The molecular weight excluding hydrogens is 356 g/mol. The zero-order chi connectivity index (χ0) is 19.9. The van der Waals surface area contributed by atoms with Gasteiger partial charge in [0.2, 0.25) is 5.95 Å². The van der Waals surface area contributed by atoms with E-state index >= 15 is 0 Å². The van der Waals surface area contributed by atoms with E-state index in [1.807, 2.05) is 13.8 Å². The lowest BCUT2D eigenvalue weighted by Gasteiger charge is -2.23. The lowest BCUT2D eigenvalue weighted by molar-refractivity contribution is 0.0174. The number of benzene rings is 1. The Labute approximate surface area is 153 Å². The van der Waals surface area contributed by atoms with Gasteiger partial charge in [-0.3, -0.25) is 9.78 Å². The van der Waals surface area contributed by atoms with Gasteiger partial charge >= 0.3 is 0 Å². The molecule has 1 unspecified atom stereocenters. The minimum absolute atomic E-state index is 0.00468. The van der Waals surface area contributed by atoms with Crippen LogP contribution in [0.4, 0.5) is 14.7 Å². The third-order valence-corrected chi connectivity index (χ3v) is 4.46. The summed E-state index contributed by atoms with van der Waals surface area (Å²) < 4.78 is 28.5. The molecule has 0 radical (unpaired) electrons. The van der Waals surface area contributed by atoms with Gasteiger partial charge < -0.3 is 10.8 Å². The number of aliphatic hydroxyl groups is 1. The van der Waals surface area contributed by atoms with Crippen molar-refractivity contribution >= 4 is 17.0 Å². The topological polar surface area (TPSA) is 110 Å². The lowest BCUT2D eigenvalue weighted by Crippen LogP contribution is -2.20. The molecule has 27 heavy (non-hydrogen) atoms. The smallest absolute Gasteiger partial charge is 0.270 e. The molecule has 0 bridgehead atoms. The number of nitrogens with zero attached hydrogens (tertiary/aromatic N) is 3. The number of hydrogen-bond donors (Lipinski definition) is 3. The van der Waals surface area contributed by atoms with Crippen molar-refractivity contribution in [3.05, 3.63) is 51.4 Å². The number of halogens is 2. The molecule has 0 aliphatic carbocycles. The Kier molecular flexibility index (Phi) is 4.73. The molecule has 7 nitrogen and oxygen atoms in total. The van der Waals surface area contributed by atoms with Crippen LogP contribution in [0.5, 0.6) is 0 Å². The van der Waals surface area contributed by atoms with E-state index in [9.17, 15) is 18.7 Å². The summed E-state index contributed by atoms with van der Waals surface area (Å²) in [5.74, 6) is -3.01. The fourth-order valence-electron chi connectivity index (χ4n) is 3.22. The summed E-state index contributed by atoms with van der Waals surface area (Å²) >= 11 is 0. The summed E-state index contributed by atoms with van der Waals surface area (Å²) in [7, 11) is 0. The van der Waals surface area contributed by atoms with Crippen LogP contribution in [0.3, 0.4) is 0 Å². The van der Waals surface area contributed by atoms with Gasteiger partial charge in [0.25, 0.3) is 11.5 Å². The highest BCUT2D eigenvalue weighted by Crippen LogP contribution is 2.32. The van der Waals surface area contributed by atoms with E-state index in [2.05, 4.69) is 15.1 Å². The van der Waals surface area contributed by atoms with Crippen LogP contribution in [0.25, 0.3) is 11.0 Å². The van der Waals surface area contributed by atoms with Gasteiger partial charge in [0.1, 0.15) is 11.1 Å². The molecule has 0 fully saturated rings. The van der Waals surface area contributed by atoms with Crippen molar-refractivity contribution in [1.82, 2.24) is 19.7 Å². The van der Waals surface area contributed by atoms with Crippen LogP contribution in [0.1, 0.15) is 43.6 Å². The molecule has 0 amide bonds. The van der Waals surface area contributed by atoms with E-state index in [0.29, 0.717) is 0 Å². The van der Waals surface area contributed by atoms with Crippen LogP contribution in [-0.4, -0.2) is 24.9 Å². The monoisotopic (exact) mass is 377 g/mol. The van der Waals surface area contributed by atoms with Gasteiger partial charge in [-0.05, 0) is 11.5 Å². The number of fused-ring (bicyclic) bond motifs is 1. The fraction of sp³-hybridized carbons (Fsp3) is 0.389. The second-order valence-corrected chi connectivity index (χ2v) is 6.90. The SMILES string of the molecule is CC(C)C(c1ccc(C(C)(F)F)cc1)n1nc(CO)c2c(=O)[nH]c(N)nc21. The number of nitrogens with two attached hydrogens (primary N) is 1. The van der Waals surface area contributed by atoms with Crippen LogP contribution in [-0.2, 0) is 12.5 Å². The van der Waals surface area contributed by atoms with Crippen LogP contribution >= 0.6 is 0 Å². The number of rotatable bonds is 5. The molecule has 3 rings (SSSR count). The maximum Gasteiger partial charge on any atom is 0.270 e. The zero-order valence-electron chi connectivity index (χ0n) is 15.2. The fourth-order valence-corrected chi connectivity index (χ4v) is 3.22. The summed E-state index contributed by atoms with van der Waals surface area (Å²) in [6.45, 7) is 4.28. The number of alkyl halides is 2. The first-order chi connectivity index (χ1) is 12.6. The van der Waals surface area contributed by atoms with Crippen LogP contribution in [0.15, 0.2) is 29.1 Å². The molecule has 1 atom stereocenters. The number of nitrogens with one attached hydrogen (secondary N) is 1. The Morgan fingerprint density at radius 2 is 1.93 bits per heavy atom. The van der Waals surface area contributed by atoms with Gasteiger partial charge in [0.15, 0.2) is 5.65 Å². The first-order valence-electron chi connectivity index (χ1n) is 8.49. The number of H-pyrrole nitrogens is 1. The van der Waals surface area contributed by atoms with Crippen LogP contribution in [0.2, 0.25) is 0 Å². The number of nitrogen functional groups attached to an aromatic ring is 1. The highest BCUT2D eigenvalue weighted by atomic mass is 19.3. The summed E-state index contributed by atoms with van der Waals surface area (Å²) in [6.07, 6.45) is 0. The van der Waals surface area contributed by atoms with Crippen LogP contribution in [0, 0.1) is 5.92 Å². The Bertz CT molecular complexity index is 1020. The van der Waals surface area contributed by atoms with Gasteiger partial charge in [0.05, 0.1) is 12.6 Å². The Morgan fingerprint density at radius 3 is 2.44 bits per heavy atom. The molecule has 2 heterocycles. The van der Waals surface area contributed by atoms with Crippen molar-refractivity contribution in [3.8, 4) is 0 Å². The Morgan fingerprint density at radius 1 is 1.30 bits per heavy atom. The molecule has 4 N–H and O–H groups in total. The molecule has 0 saturated heterocycles. The first-order valence-corrected chi connectivity index (χ1v) is 8.49. The second-order valence-electron chi connectivity index (χ2n) is 6.90. The number of anilines is 1. The minimum Gasteiger partial charge on any atom is -0.390 e. The summed E-state index contributed by atoms with van der Waals surface area (Å²) in [5, 5.41) is 14.1. The van der Waals surface area contributed by atoms with Crippen molar-refractivity contribution in [2.75, 3.05) is 5.73 Å². The molecule has 9 heteroatoms. The van der Waals surface area contributed by atoms with Crippen molar-refractivity contribution in [2.24, 2.45) is 5.92 Å². The van der Waals surface area contributed by atoms with Crippen LogP contribution < -0.4 is 11.3 Å². The van der Waals surface area contributed by atoms with Crippen molar-refractivity contribution in [1.29, 1.82) is 0 Å². The van der Waals surface area contributed by atoms with Gasteiger partial charge in [-0.15, -0.1) is 0 Å². The van der Waals surface area contributed by atoms with E-state index in [1.54, 1.807) is 12.1 Å². The maximum atomic E-state index is 13.5. The highest BCUT2D eigenvalue weighted by molar-refractivity contribution is 5.78. The number of aliphatic hydroxyl groups excluding tert-OH is 1. The second kappa shape index (κ2) is 6.73. The third-order valence-electron chi connectivity index (χ3n) is 4.46. The normalized spacial score (nSPS) is 13.4.